The van der Waals surface area contributed by atoms with E-state index >= 15 is 0 Å². The van der Waals surface area contributed by atoms with Crippen molar-refractivity contribution in [3.63, 3.8) is 0 Å². The molecule has 0 unspecified atom stereocenters. The molecule has 0 fully saturated rings. The molecule has 0 aliphatic rings. The Hall–Kier alpha value is 0.756. The van der Waals surface area contributed by atoms with Crippen LogP contribution < -0.4 is 51.4 Å². The molecule has 0 spiro atoms. The molecule has 0 N–H and O–H groups in total. The molecule has 0 aromatic carbocycles. The fourth-order valence-electron chi connectivity index (χ4n) is 1.76. The standard InChI is InChI=1S/C14H26O5S.K/c1-2-3-4-5-6-7-8-9-11-14(15)19-12-10-13-20(16,17)18;/h2H,1,3-13H2,(H,16,17,18);/q;+1/p-1. The second kappa shape index (κ2) is 15.6. The van der Waals surface area contributed by atoms with Crippen molar-refractivity contribution < 1.29 is 73.9 Å². The summed E-state index contributed by atoms with van der Waals surface area (Å²) in [5.41, 5.74) is 0. The summed E-state index contributed by atoms with van der Waals surface area (Å²) in [4.78, 5) is 11.3. The molecule has 0 heterocycles. The Morgan fingerprint density at radius 3 is 2.19 bits per heavy atom. The third-order valence-electron chi connectivity index (χ3n) is 2.84. The van der Waals surface area contributed by atoms with E-state index in [4.69, 9.17) is 4.74 Å². The third kappa shape index (κ3) is 20.8. The summed E-state index contributed by atoms with van der Waals surface area (Å²) in [6.45, 7) is 3.67. The van der Waals surface area contributed by atoms with Crippen LogP contribution >= 0.6 is 0 Å². The first kappa shape index (κ1) is 24.0. The predicted octanol–water partition coefficient (Wildman–Crippen LogP) is -0.224. The molecule has 7 heteroatoms. The van der Waals surface area contributed by atoms with E-state index in [9.17, 15) is 17.8 Å². The molecule has 0 saturated heterocycles. The number of carbonyl (C=O) groups excluding carboxylic acids is 1. The number of hydrogen-bond acceptors (Lipinski definition) is 5. The number of rotatable bonds is 13. The average Bonchev–Trinajstić information content (AvgIpc) is 2.37. The maximum Gasteiger partial charge on any atom is 1.00 e. The van der Waals surface area contributed by atoms with Crippen molar-refractivity contribution in [2.75, 3.05) is 12.4 Å². The quantitative estimate of drug-likeness (QED) is 0.152. The maximum absolute atomic E-state index is 11.3. The van der Waals surface area contributed by atoms with Crippen LogP contribution in [0, 0.1) is 0 Å². The minimum absolute atomic E-state index is 0. The SMILES string of the molecule is C=CCCCCCCCCC(=O)OCCCS(=O)(=O)[O-].[K+]. The number of esters is 1. The Balaban J connectivity index is 0. The van der Waals surface area contributed by atoms with Gasteiger partial charge in [-0.2, -0.15) is 0 Å². The zero-order chi connectivity index (χ0) is 15.3. The molecular weight excluding hydrogens is 319 g/mol. The molecule has 0 amide bonds. The van der Waals surface area contributed by atoms with Crippen molar-refractivity contribution in [1.82, 2.24) is 0 Å². The summed E-state index contributed by atoms with van der Waals surface area (Å²) >= 11 is 0. The summed E-state index contributed by atoms with van der Waals surface area (Å²) in [6, 6.07) is 0. The second-order valence-corrected chi connectivity index (χ2v) is 6.31. The number of ether oxygens (including phenoxy) is 1. The third-order valence-corrected chi connectivity index (χ3v) is 3.63. The first-order valence-electron chi connectivity index (χ1n) is 7.16. The number of hydrogen-bond donors (Lipinski definition) is 0. The maximum atomic E-state index is 11.3. The van der Waals surface area contributed by atoms with Gasteiger partial charge in [0.2, 0.25) is 0 Å². The Bertz CT molecular complexity index is 368. The van der Waals surface area contributed by atoms with Gasteiger partial charge in [0.15, 0.2) is 0 Å². The van der Waals surface area contributed by atoms with Crippen LogP contribution in [-0.4, -0.2) is 31.3 Å². The van der Waals surface area contributed by atoms with E-state index in [0.29, 0.717) is 6.42 Å². The zero-order valence-electron chi connectivity index (χ0n) is 13.0. The minimum Gasteiger partial charge on any atom is -0.748 e. The Kier molecular flexibility index (Phi) is 17.9. The van der Waals surface area contributed by atoms with Crippen LogP contribution in [-0.2, 0) is 19.6 Å². The molecule has 0 aromatic rings. The molecule has 0 radical (unpaired) electrons. The first-order chi connectivity index (χ1) is 9.45. The van der Waals surface area contributed by atoms with Gasteiger partial charge in [-0.05, 0) is 25.7 Å². The summed E-state index contributed by atoms with van der Waals surface area (Å²) in [5, 5.41) is 0. The van der Waals surface area contributed by atoms with Gasteiger partial charge >= 0.3 is 57.4 Å². The van der Waals surface area contributed by atoms with Gasteiger partial charge in [-0.3, -0.25) is 4.79 Å². The van der Waals surface area contributed by atoms with Crippen molar-refractivity contribution in [1.29, 1.82) is 0 Å². The monoisotopic (exact) mass is 344 g/mol. The minimum atomic E-state index is -4.20. The van der Waals surface area contributed by atoms with E-state index in [1.165, 1.54) is 19.3 Å². The molecule has 0 aromatic heterocycles. The molecule has 0 bridgehead atoms. The van der Waals surface area contributed by atoms with Gasteiger partial charge < -0.3 is 9.29 Å². The first-order valence-corrected chi connectivity index (χ1v) is 8.73. The van der Waals surface area contributed by atoms with Crippen LogP contribution in [0.25, 0.3) is 0 Å². The molecule has 0 saturated carbocycles. The van der Waals surface area contributed by atoms with Gasteiger partial charge in [-0.25, -0.2) is 8.42 Å². The molecule has 21 heavy (non-hydrogen) atoms. The van der Waals surface area contributed by atoms with Gasteiger partial charge in [0.1, 0.15) is 0 Å². The van der Waals surface area contributed by atoms with Crippen LogP contribution in [0.1, 0.15) is 57.8 Å². The topological polar surface area (TPSA) is 83.5 Å². The smallest absolute Gasteiger partial charge is 0.748 e. The predicted molar refractivity (Wildman–Crippen MR) is 77.3 cm³/mol. The Morgan fingerprint density at radius 1 is 1.05 bits per heavy atom. The van der Waals surface area contributed by atoms with Crippen molar-refractivity contribution in [2.24, 2.45) is 0 Å². The molecule has 0 aliphatic carbocycles. The second-order valence-electron chi connectivity index (χ2n) is 4.78. The van der Waals surface area contributed by atoms with Gasteiger partial charge in [0.25, 0.3) is 0 Å². The molecule has 118 valence electrons. The summed E-state index contributed by atoms with van der Waals surface area (Å²) in [6.07, 6.45) is 9.85. The number of carbonyl (C=O) groups is 1. The van der Waals surface area contributed by atoms with E-state index in [0.717, 1.165) is 25.7 Å². The molecule has 0 atom stereocenters. The van der Waals surface area contributed by atoms with Gasteiger partial charge in [0.05, 0.1) is 16.7 Å². The van der Waals surface area contributed by atoms with Gasteiger partial charge in [-0.1, -0.05) is 31.8 Å². The molecule has 5 nitrogen and oxygen atoms in total. The van der Waals surface area contributed by atoms with Crippen LogP contribution in [0.3, 0.4) is 0 Å². The van der Waals surface area contributed by atoms with Crippen LogP contribution in [0.2, 0.25) is 0 Å². The largest absolute Gasteiger partial charge is 1.00 e. The summed E-state index contributed by atoms with van der Waals surface area (Å²) in [5.74, 6) is -0.801. The van der Waals surface area contributed by atoms with Crippen molar-refractivity contribution in [2.45, 2.75) is 57.8 Å². The van der Waals surface area contributed by atoms with Crippen molar-refractivity contribution >= 4 is 16.1 Å². The zero-order valence-corrected chi connectivity index (χ0v) is 17.0. The van der Waals surface area contributed by atoms with E-state index < -0.39 is 15.9 Å². The Labute approximate surface area is 171 Å². The van der Waals surface area contributed by atoms with E-state index in [1.54, 1.807) is 0 Å². The average molecular weight is 345 g/mol. The van der Waals surface area contributed by atoms with Crippen LogP contribution in [0.15, 0.2) is 12.7 Å². The molecule has 0 aliphatic heterocycles. The van der Waals surface area contributed by atoms with Gasteiger partial charge in [0, 0.05) is 12.2 Å². The number of unbranched alkanes of at least 4 members (excludes halogenated alkanes) is 6. The van der Waals surface area contributed by atoms with Gasteiger partial charge in [-0.15, -0.1) is 6.58 Å². The van der Waals surface area contributed by atoms with Crippen molar-refractivity contribution in [3.05, 3.63) is 12.7 Å². The summed E-state index contributed by atoms with van der Waals surface area (Å²) in [7, 11) is -4.20. The normalized spacial score (nSPS) is 10.7. The molecular formula is C14H25KO5S. The fourth-order valence-corrected chi connectivity index (χ4v) is 2.23. The van der Waals surface area contributed by atoms with E-state index in [2.05, 4.69) is 6.58 Å². The van der Waals surface area contributed by atoms with Crippen LogP contribution in [0.5, 0.6) is 0 Å². The Morgan fingerprint density at radius 2 is 1.62 bits per heavy atom. The van der Waals surface area contributed by atoms with Crippen LogP contribution in [0.4, 0.5) is 0 Å². The fraction of sp³-hybridized carbons (Fsp3) is 0.786. The van der Waals surface area contributed by atoms with E-state index in [1.807, 2.05) is 6.08 Å². The van der Waals surface area contributed by atoms with Crippen molar-refractivity contribution in [3.8, 4) is 0 Å². The summed E-state index contributed by atoms with van der Waals surface area (Å²) < 4.78 is 35.8. The van der Waals surface area contributed by atoms with E-state index in [-0.39, 0.29) is 70.4 Å². The molecule has 0 rings (SSSR count). The number of allylic oxidation sites excluding steroid dienone is 1.